The van der Waals surface area contributed by atoms with Crippen molar-refractivity contribution in [1.29, 1.82) is 0 Å². The van der Waals surface area contributed by atoms with Gasteiger partial charge in [0.15, 0.2) is 11.5 Å². The number of likely N-dealkylation sites (tertiary alicyclic amines) is 1. The lowest BCUT2D eigenvalue weighted by Crippen LogP contribution is -2.47. The van der Waals surface area contributed by atoms with Crippen LogP contribution in [0.5, 0.6) is 17.2 Å². The van der Waals surface area contributed by atoms with Crippen LogP contribution < -0.4 is 19.1 Å². The van der Waals surface area contributed by atoms with Gasteiger partial charge in [-0.3, -0.25) is 9.69 Å². The topological polar surface area (TPSA) is 51.2 Å². The van der Waals surface area contributed by atoms with Crippen molar-refractivity contribution in [3.63, 3.8) is 0 Å². The quantitative estimate of drug-likeness (QED) is 0.448. The average molecular weight is 479 g/mol. The van der Waals surface area contributed by atoms with Crippen molar-refractivity contribution in [1.82, 2.24) is 4.90 Å². The molecule has 0 N–H and O–H groups in total. The molecule has 6 nitrogen and oxygen atoms in total. The third kappa shape index (κ3) is 5.41. The lowest BCUT2D eigenvalue weighted by Gasteiger charge is -2.39. The molecule has 0 aromatic heterocycles. The molecule has 35 heavy (non-hydrogen) atoms. The Bertz CT molecular complexity index is 1130. The van der Waals surface area contributed by atoms with Crippen LogP contribution in [0.4, 0.5) is 10.1 Å². The summed E-state index contributed by atoms with van der Waals surface area (Å²) in [6.45, 7) is 2.35. The molecule has 1 heterocycles. The first-order chi connectivity index (χ1) is 17.0. The maximum absolute atomic E-state index is 13.5. The zero-order valence-corrected chi connectivity index (χ0v) is 20.4. The van der Waals surface area contributed by atoms with E-state index < -0.39 is 0 Å². The lowest BCUT2D eigenvalue weighted by molar-refractivity contribution is 0.0958. The van der Waals surface area contributed by atoms with Gasteiger partial charge < -0.3 is 19.1 Å². The minimum absolute atomic E-state index is 0.0403. The number of hydrogen-bond donors (Lipinski definition) is 0. The predicted octanol–water partition coefficient (Wildman–Crippen LogP) is 5.16. The number of hydrogen-bond acceptors (Lipinski definition) is 5. The Morgan fingerprint density at radius 2 is 1.54 bits per heavy atom. The second kappa shape index (κ2) is 11.2. The molecule has 1 aliphatic heterocycles. The molecule has 7 heteroatoms. The van der Waals surface area contributed by atoms with Crippen LogP contribution in [0.2, 0.25) is 0 Å². The molecule has 0 spiro atoms. The molecule has 184 valence electrons. The van der Waals surface area contributed by atoms with Crippen molar-refractivity contribution in [3.8, 4) is 17.2 Å². The van der Waals surface area contributed by atoms with E-state index in [1.807, 2.05) is 47.4 Å². The number of ether oxygens (including phenoxy) is 3. The first-order valence-electron chi connectivity index (χ1n) is 11.7. The molecular weight excluding hydrogens is 447 g/mol. The summed E-state index contributed by atoms with van der Waals surface area (Å²) >= 11 is 0. The van der Waals surface area contributed by atoms with E-state index in [9.17, 15) is 9.18 Å². The molecule has 1 aliphatic rings. The van der Waals surface area contributed by atoms with Crippen molar-refractivity contribution >= 4 is 11.6 Å². The summed E-state index contributed by atoms with van der Waals surface area (Å²) in [7, 11) is 4.84. The number of piperidine rings is 1. The van der Waals surface area contributed by atoms with Crippen LogP contribution in [0.15, 0.2) is 66.7 Å². The molecule has 1 amide bonds. The zero-order valence-electron chi connectivity index (χ0n) is 20.4. The number of rotatable bonds is 8. The first-order valence-corrected chi connectivity index (χ1v) is 11.7. The summed E-state index contributed by atoms with van der Waals surface area (Å²) in [4.78, 5) is 17.7. The Balaban J connectivity index is 1.50. The maximum Gasteiger partial charge on any atom is 0.258 e. The fourth-order valence-electron chi connectivity index (χ4n) is 4.68. The van der Waals surface area contributed by atoms with E-state index >= 15 is 0 Å². The van der Waals surface area contributed by atoms with Gasteiger partial charge in [0, 0.05) is 42.5 Å². The molecule has 4 rings (SSSR count). The smallest absolute Gasteiger partial charge is 0.258 e. The van der Waals surface area contributed by atoms with Crippen LogP contribution in [0.1, 0.15) is 28.8 Å². The van der Waals surface area contributed by atoms with Crippen LogP contribution in [0.25, 0.3) is 0 Å². The number of methoxy groups -OCH3 is 3. The SMILES string of the molecule is COc1ccc(CN2CCC(N(C(=O)c3ccc(F)cc3)c3ccccc3)CC2)c(OC)c1OC. The molecule has 1 fully saturated rings. The zero-order chi connectivity index (χ0) is 24.8. The average Bonchev–Trinajstić information content (AvgIpc) is 2.90. The van der Waals surface area contributed by atoms with Crippen molar-refractivity contribution in [2.24, 2.45) is 0 Å². The highest BCUT2D eigenvalue weighted by Gasteiger charge is 2.30. The summed E-state index contributed by atoms with van der Waals surface area (Å²) in [6.07, 6.45) is 1.63. The van der Waals surface area contributed by atoms with Crippen molar-refractivity contribution < 1.29 is 23.4 Å². The monoisotopic (exact) mass is 478 g/mol. The van der Waals surface area contributed by atoms with Gasteiger partial charge in [-0.2, -0.15) is 0 Å². The molecular formula is C28H31FN2O4. The van der Waals surface area contributed by atoms with E-state index in [0.29, 0.717) is 29.4 Å². The molecule has 0 bridgehead atoms. The van der Waals surface area contributed by atoms with E-state index in [1.165, 1.54) is 12.1 Å². The van der Waals surface area contributed by atoms with Crippen LogP contribution in [-0.2, 0) is 6.54 Å². The Morgan fingerprint density at radius 3 is 2.14 bits per heavy atom. The molecule has 3 aromatic carbocycles. The molecule has 3 aromatic rings. The van der Waals surface area contributed by atoms with Gasteiger partial charge in [-0.15, -0.1) is 0 Å². The summed E-state index contributed by atoms with van der Waals surface area (Å²) in [5.74, 6) is 1.42. The Morgan fingerprint density at radius 1 is 0.886 bits per heavy atom. The number of para-hydroxylation sites is 1. The normalized spacial score (nSPS) is 14.4. The number of carbonyl (C=O) groups excluding carboxylic acids is 1. The highest BCUT2D eigenvalue weighted by molar-refractivity contribution is 6.06. The number of benzene rings is 3. The van der Waals surface area contributed by atoms with Crippen molar-refractivity contribution in [2.75, 3.05) is 39.3 Å². The minimum atomic E-state index is -0.355. The van der Waals surface area contributed by atoms with Gasteiger partial charge in [-0.25, -0.2) is 4.39 Å². The van der Waals surface area contributed by atoms with E-state index in [4.69, 9.17) is 14.2 Å². The highest BCUT2D eigenvalue weighted by atomic mass is 19.1. The molecule has 0 atom stereocenters. The first kappa shape index (κ1) is 24.5. The van der Waals surface area contributed by atoms with E-state index in [1.54, 1.807) is 33.5 Å². The molecule has 0 saturated carbocycles. The Labute approximate surface area is 205 Å². The van der Waals surface area contributed by atoms with Crippen LogP contribution in [0, 0.1) is 5.82 Å². The number of halogens is 1. The second-order valence-electron chi connectivity index (χ2n) is 8.52. The molecule has 0 aliphatic carbocycles. The lowest BCUT2D eigenvalue weighted by atomic mass is 10.00. The van der Waals surface area contributed by atoms with E-state index in [0.717, 1.165) is 37.2 Å². The number of nitrogens with zero attached hydrogens (tertiary/aromatic N) is 2. The van der Waals surface area contributed by atoms with Gasteiger partial charge in [-0.05, 0) is 55.3 Å². The third-order valence-corrected chi connectivity index (χ3v) is 6.45. The van der Waals surface area contributed by atoms with E-state index in [2.05, 4.69) is 4.90 Å². The standard InChI is InChI=1S/C28H31FN2O4/c1-33-25-14-11-21(26(34-2)27(25)35-3)19-30-17-15-24(16-18-30)31(23-7-5-4-6-8-23)28(32)20-9-12-22(29)13-10-20/h4-14,24H,15-19H2,1-3H3. The highest BCUT2D eigenvalue weighted by Crippen LogP contribution is 2.40. The van der Waals surface area contributed by atoms with E-state index in [-0.39, 0.29) is 17.8 Å². The Kier molecular flexibility index (Phi) is 7.87. The Hall–Kier alpha value is -3.58. The number of amides is 1. The van der Waals surface area contributed by atoms with Gasteiger partial charge in [0.05, 0.1) is 21.3 Å². The second-order valence-corrected chi connectivity index (χ2v) is 8.52. The van der Waals surface area contributed by atoms with Crippen molar-refractivity contribution in [3.05, 3.63) is 83.7 Å². The van der Waals surface area contributed by atoms with Crippen LogP contribution in [0.3, 0.4) is 0 Å². The number of anilines is 1. The molecule has 0 radical (unpaired) electrons. The van der Waals surface area contributed by atoms with Gasteiger partial charge in [-0.1, -0.05) is 24.3 Å². The fraction of sp³-hybridized carbons (Fsp3) is 0.321. The van der Waals surface area contributed by atoms with Gasteiger partial charge in [0.25, 0.3) is 5.91 Å². The third-order valence-electron chi connectivity index (χ3n) is 6.45. The van der Waals surface area contributed by atoms with Gasteiger partial charge in [0.1, 0.15) is 5.82 Å². The van der Waals surface area contributed by atoms with Crippen LogP contribution in [-0.4, -0.2) is 51.3 Å². The maximum atomic E-state index is 13.5. The van der Waals surface area contributed by atoms with Crippen molar-refractivity contribution in [2.45, 2.75) is 25.4 Å². The number of carbonyl (C=O) groups is 1. The summed E-state index contributed by atoms with van der Waals surface area (Å²) < 4.78 is 30.0. The van der Waals surface area contributed by atoms with Crippen LogP contribution >= 0.6 is 0 Å². The largest absolute Gasteiger partial charge is 0.493 e. The summed E-state index contributed by atoms with van der Waals surface area (Å²) in [5.41, 5.74) is 2.35. The molecule has 1 saturated heterocycles. The minimum Gasteiger partial charge on any atom is -0.493 e. The molecule has 0 unspecified atom stereocenters. The summed E-state index contributed by atoms with van der Waals surface area (Å²) in [6, 6.07) is 19.4. The van der Waals surface area contributed by atoms with Gasteiger partial charge in [0.2, 0.25) is 5.75 Å². The summed E-state index contributed by atoms with van der Waals surface area (Å²) in [5, 5.41) is 0. The fourth-order valence-corrected chi connectivity index (χ4v) is 4.68. The van der Waals surface area contributed by atoms with Gasteiger partial charge >= 0.3 is 0 Å². The predicted molar refractivity (Wildman–Crippen MR) is 134 cm³/mol.